The standard InChI is InChI=1S/C20H15Cl2N3OS/c21-15-3-7-17(8-4-15)24-20(27)25-23-13-14-1-9-18(10-2-14)26-19-11-5-16(22)6-12-19/h1-13H,(H2,24,25,27)/b23-13+. The van der Waals surface area contributed by atoms with E-state index in [1.54, 1.807) is 30.5 Å². The first-order chi connectivity index (χ1) is 13.1. The molecule has 0 radical (unpaired) electrons. The number of benzene rings is 3. The molecule has 0 aliphatic carbocycles. The third kappa shape index (κ3) is 6.25. The number of anilines is 1. The second-order valence-corrected chi connectivity index (χ2v) is 6.74. The quantitative estimate of drug-likeness (QED) is 0.299. The highest BCUT2D eigenvalue weighted by atomic mass is 35.5. The van der Waals surface area contributed by atoms with E-state index in [0.717, 1.165) is 22.7 Å². The number of hydrazone groups is 1. The van der Waals surface area contributed by atoms with Crippen molar-refractivity contribution in [3.8, 4) is 11.5 Å². The average Bonchev–Trinajstić information content (AvgIpc) is 2.67. The second-order valence-electron chi connectivity index (χ2n) is 5.46. The summed E-state index contributed by atoms with van der Waals surface area (Å²) in [6.45, 7) is 0. The Kier molecular flexibility index (Phi) is 6.65. The van der Waals surface area contributed by atoms with Gasteiger partial charge in [0, 0.05) is 15.7 Å². The van der Waals surface area contributed by atoms with E-state index in [-0.39, 0.29) is 0 Å². The molecule has 3 aromatic carbocycles. The van der Waals surface area contributed by atoms with Crippen molar-refractivity contribution < 1.29 is 4.74 Å². The molecule has 2 N–H and O–H groups in total. The van der Waals surface area contributed by atoms with Gasteiger partial charge in [0.05, 0.1) is 6.21 Å². The first-order valence-electron chi connectivity index (χ1n) is 7.97. The van der Waals surface area contributed by atoms with E-state index >= 15 is 0 Å². The van der Waals surface area contributed by atoms with Crippen molar-refractivity contribution in [3.05, 3.63) is 88.4 Å². The summed E-state index contributed by atoms with van der Waals surface area (Å²) in [7, 11) is 0. The normalized spacial score (nSPS) is 10.6. The van der Waals surface area contributed by atoms with E-state index in [4.69, 9.17) is 40.2 Å². The molecule has 0 atom stereocenters. The molecule has 0 fully saturated rings. The number of nitrogens with one attached hydrogen (secondary N) is 2. The lowest BCUT2D eigenvalue weighted by molar-refractivity contribution is 0.482. The number of hydrogen-bond acceptors (Lipinski definition) is 3. The maximum atomic E-state index is 5.86. The highest BCUT2D eigenvalue weighted by molar-refractivity contribution is 7.80. The van der Waals surface area contributed by atoms with Gasteiger partial charge in [-0.15, -0.1) is 0 Å². The summed E-state index contributed by atoms with van der Waals surface area (Å²) in [4.78, 5) is 0. The SMILES string of the molecule is S=C(N/N=C/c1ccc(Oc2ccc(Cl)cc2)cc1)Nc1ccc(Cl)cc1. The van der Waals surface area contributed by atoms with Crippen LogP contribution in [-0.4, -0.2) is 11.3 Å². The predicted octanol–water partition coefficient (Wildman–Crippen LogP) is 6.11. The minimum atomic E-state index is 0.385. The van der Waals surface area contributed by atoms with Crippen LogP contribution < -0.4 is 15.5 Å². The van der Waals surface area contributed by atoms with E-state index in [2.05, 4.69) is 15.8 Å². The van der Waals surface area contributed by atoms with Crippen LogP contribution in [0, 0.1) is 0 Å². The molecule has 0 spiro atoms. The Labute approximate surface area is 172 Å². The Morgan fingerprint density at radius 2 is 1.33 bits per heavy atom. The summed E-state index contributed by atoms with van der Waals surface area (Å²) >= 11 is 16.9. The summed E-state index contributed by atoms with van der Waals surface area (Å²) in [5.74, 6) is 1.45. The van der Waals surface area contributed by atoms with Crippen LogP contribution in [0.1, 0.15) is 5.56 Å². The van der Waals surface area contributed by atoms with Gasteiger partial charge in [-0.05, 0) is 90.6 Å². The third-order valence-electron chi connectivity index (χ3n) is 3.41. The molecule has 0 aromatic heterocycles. The van der Waals surface area contributed by atoms with Gasteiger partial charge in [0.25, 0.3) is 0 Å². The molecule has 3 aromatic rings. The summed E-state index contributed by atoms with van der Waals surface area (Å²) < 4.78 is 5.75. The van der Waals surface area contributed by atoms with Crippen molar-refractivity contribution in [1.29, 1.82) is 0 Å². The fourth-order valence-corrected chi connectivity index (χ4v) is 2.54. The highest BCUT2D eigenvalue weighted by Crippen LogP contribution is 2.23. The van der Waals surface area contributed by atoms with Crippen LogP contribution in [0.15, 0.2) is 77.9 Å². The molecule has 0 bridgehead atoms. The van der Waals surface area contributed by atoms with Crippen molar-refractivity contribution >= 4 is 52.4 Å². The van der Waals surface area contributed by atoms with Crippen molar-refractivity contribution in [3.63, 3.8) is 0 Å². The highest BCUT2D eigenvalue weighted by Gasteiger charge is 1.98. The monoisotopic (exact) mass is 415 g/mol. The first-order valence-corrected chi connectivity index (χ1v) is 9.14. The van der Waals surface area contributed by atoms with Gasteiger partial charge >= 0.3 is 0 Å². The van der Waals surface area contributed by atoms with Gasteiger partial charge in [0.15, 0.2) is 5.11 Å². The number of hydrogen-bond donors (Lipinski definition) is 2. The van der Waals surface area contributed by atoms with Gasteiger partial charge < -0.3 is 10.1 Å². The summed E-state index contributed by atoms with van der Waals surface area (Å²) in [6.07, 6.45) is 1.67. The van der Waals surface area contributed by atoms with Gasteiger partial charge in [0.2, 0.25) is 0 Å². The Hall–Kier alpha value is -2.60. The molecule has 3 rings (SSSR count). The molecule has 0 saturated heterocycles. The minimum absolute atomic E-state index is 0.385. The largest absolute Gasteiger partial charge is 0.457 e. The van der Waals surface area contributed by atoms with Crippen molar-refractivity contribution in [1.82, 2.24) is 5.43 Å². The average molecular weight is 416 g/mol. The Morgan fingerprint density at radius 3 is 1.93 bits per heavy atom. The number of rotatable bonds is 5. The van der Waals surface area contributed by atoms with E-state index in [0.29, 0.717) is 15.2 Å². The van der Waals surface area contributed by atoms with Gasteiger partial charge in [0.1, 0.15) is 11.5 Å². The number of nitrogens with zero attached hydrogens (tertiary/aromatic N) is 1. The Morgan fingerprint density at radius 1 is 0.815 bits per heavy atom. The zero-order valence-corrected chi connectivity index (χ0v) is 16.4. The molecule has 7 heteroatoms. The van der Waals surface area contributed by atoms with Crippen LogP contribution in [-0.2, 0) is 0 Å². The molecular weight excluding hydrogens is 401 g/mol. The van der Waals surface area contributed by atoms with Crippen LogP contribution in [0.5, 0.6) is 11.5 Å². The molecule has 0 aliphatic heterocycles. The van der Waals surface area contributed by atoms with Crippen molar-refractivity contribution in [2.24, 2.45) is 5.10 Å². The lowest BCUT2D eigenvalue weighted by Crippen LogP contribution is -2.23. The summed E-state index contributed by atoms with van der Waals surface area (Å²) in [6, 6.07) is 21.9. The van der Waals surface area contributed by atoms with Crippen LogP contribution in [0.4, 0.5) is 5.69 Å². The number of halogens is 2. The first kappa shape index (κ1) is 19.2. The lowest BCUT2D eigenvalue weighted by Gasteiger charge is -2.07. The van der Waals surface area contributed by atoms with Gasteiger partial charge in [-0.3, -0.25) is 5.43 Å². The number of thiocarbonyl (C=S) groups is 1. The Bertz CT molecular complexity index is 927. The summed E-state index contributed by atoms with van der Waals surface area (Å²) in [5, 5.41) is 8.86. The van der Waals surface area contributed by atoms with E-state index in [1.807, 2.05) is 48.5 Å². The second kappa shape index (κ2) is 9.37. The zero-order chi connectivity index (χ0) is 19.1. The van der Waals surface area contributed by atoms with Gasteiger partial charge in [-0.1, -0.05) is 23.2 Å². The van der Waals surface area contributed by atoms with Crippen LogP contribution in [0.25, 0.3) is 0 Å². The van der Waals surface area contributed by atoms with Gasteiger partial charge in [-0.2, -0.15) is 5.10 Å². The smallest absolute Gasteiger partial charge is 0.191 e. The third-order valence-corrected chi connectivity index (χ3v) is 4.11. The van der Waals surface area contributed by atoms with Gasteiger partial charge in [-0.25, -0.2) is 0 Å². The molecular formula is C20H15Cl2N3OS. The van der Waals surface area contributed by atoms with Crippen molar-refractivity contribution in [2.45, 2.75) is 0 Å². The predicted molar refractivity (Wildman–Crippen MR) is 116 cm³/mol. The summed E-state index contributed by atoms with van der Waals surface area (Å²) in [5.41, 5.74) is 4.50. The lowest BCUT2D eigenvalue weighted by atomic mass is 10.2. The molecule has 0 aliphatic rings. The molecule has 0 unspecified atom stereocenters. The molecule has 0 amide bonds. The molecule has 27 heavy (non-hydrogen) atoms. The topological polar surface area (TPSA) is 45.7 Å². The Balaban J connectivity index is 1.50. The minimum Gasteiger partial charge on any atom is -0.457 e. The van der Waals surface area contributed by atoms with Crippen LogP contribution >= 0.6 is 35.4 Å². The van der Waals surface area contributed by atoms with E-state index < -0.39 is 0 Å². The van der Waals surface area contributed by atoms with Crippen LogP contribution in [0.2, 0.25) is 10.0 Å². The molecule has 0 heterocycles. The van der Waals surface area contributed by atoms with Crippen molar-refractivity contribution in [2.75, 3.05) is 5.32 Å². The zero-order valence-electron chi connectivity index (χ0n) is 14.0. The molecule has 4 nitrogen and oxygen atoms in total. The fraction of sp³-hybridized carbons (Fsp3) is 0. The maximum Gasteiger partial charge on any atom is 0.191 e. The van der Waals surface area contributed by atoms with Crippen LogP contribution in [0.3, 0.4) is 0 Å². The van der Waals surface area contributed by atoms with E-state index in [9.17, 15) is 0 Å². The molecule has 0 saturated carbocycles. The van der Waals surface area contributed by atoms with E-state index in [1.165, 1.54) is 0 Å². The number of ether oxygens (including phenoxy) is 1. The maximum absolute atomic E-state index is 5.86. The fourth-order valence-electron chi connectivity index (χ4n) is 2.12. The molecule has 136 valence electrons.